The van der Waals surface area contributed by atoms with Crippen molar-refractivity contribution in [1.82, 2.24) is 15.5 Å². The van der Waals surface area contributed by atoms with Gasteiger partial charge in [0.05, 0.1) is 13.2 Å². The van der Waals surface area contributed by atoms with Crippen molar-refractivity contribution >= 4 is 29.9 Å². The lowest BCUT2D eigenvalue weighted by Gasteiger charge is -2.37. The maximum absolute atomic E-state index is 5.45. The van der Waals surface area contributed by atoms with Crippen LogP contribution in [0.4, 0.5) is 0 Å². The molecule has 3 atom stereocenters. The molecule has 0 spiro atoms. The highest BCUT2D eigenvalue weighted by Crippen LogP contribution is 2.28. The lowest BCUT2D eigenvalue weighted by molar-refractivity contribution is 0.00752. The molecule has 1 saturated carbocycles. The molecule has 0 radical (unpaired) electrons. The molecule has 5 nitrogen and oxygen atoms in total. The van der Waals surface area contributed by atoms with Gasteiger partial charge in [0.25, 0.3) is 0 Å². The van der Waals surface area contributed by atoms with Crippen LogP contribution >= 0.6 is 24.0 Å². The van der Waals surface area contributed by atoms with Gasteiger partial charge in [-0.25, -0.2) is 0 Å². The second-order valence-electron chi connectivity index (χ2n) is 6.38. The molecule has 0 aromatic heterocycles. The molecule has 2 aliphatic rings. The van der Waals surface area contributed by atoms with Crippen LogP contribution < -0.4 is 10.6 Å². The summed E-state index contributed by atoms with van der Waals surface area (Å²) in [5.74, 6) is 2.35. The number of nitrogens with zero attached hydrogens (tertiary/aromatic N) is 2. The highest BCUT2D eigenvalue weighted by atomic mass is 127. The average Bonchev–Trinajstić information content (AvgIpc) is 3.14. The Morgan fingerprint density at radius 2 is 1.95 bits per heavy atom. The second-order valence-corrected chi connectivity index (χ2v) is 6.38. The summed E-state index contributed by atoms with van der Waals surface area (Å²) < 4.78 is 5.45. The van der Waals surface area contributed by atoms with Crippen molar-refractivity contribution in [3.63, 3.8) is 0 Å². The molecule has 3 unspecified atom stereocenters. The van der Waals surface area contributed by atoms with Crippen LogP contribution in [0.5, 0.6) is 0 Å². The number of nitrogens with one attached hydrogen (secondary N) is 2. The monoisotopic (exact) mass is 410 g/mol. The number of rotatable bonds is 5. The van der Waals surface area contributed by atoms with Crippen LogP contribution in [0.1, 0.15) is 27.2 Å². The average molecular weight is 410 g/mol. The minimum absolute atomic E-state index is 0. The zero-order valence-electron chi connectivity index (χ0n) is 13.8. The van der Waals surface area contributed by atoms with Crippen LogP contribution in [0.25, 0.3) is 0 Å². The Hall–Kier alpha value is -0.0800. The molecule has 1 aliphatic carbocycles. The second kappa shape index (κ2) is 9.15. The zero-order valence-corrected chi connectivity index (χ0v) is 16.1. The Balaban J connectivity index is 0.00000220. The summed E-state index contributed by atoms with van der Waals surface area (Å²) in [6, 6.07) is 1.15. The molecule has 0 aromatic rings. The Morgan fingerprint density at radius 1 is 1.33 bits per heavy atom. The Labute approximate surface area is 146 Å². The van der Waals surface area contributed by atoms with Gasteiger partial charge in [-0.05, 0) is 18.3 Å². The quantitative estimate of drug-likeness (QED) is 0.410. The summed E-state index contributed by atoms with van der Waals surface area (Å²) in [4.78, 5) is 6.87. The van der Waals surface area contributed by atoms with Gasteiger partial charge in [-0.1, -0.05) is 20.8 Å². The van der Waals surface area contributed by atoms with Gasteiger partial charge in [0.2, 0.25) is 0 Å². The van der Waals surface area contributed by atoms with E-state index < -0.39 is 0 Å². The van der Waals surface area contributed by atoms with E-state index in [2.05, 4.69) is 41.3 Å². The summed E-state index contributed by atoms with van der Waals surface area (Å²) in [6.45, 7) is 11.6. The van der Waals surface area contributed by atoms with Gasteiger partial charge in [-0.3, -0.25) is 9.89 Å². The van der Waals surface area contributed by atoms with Crippen molar-refractivity contribution in [2.24, 2.45) is 16.8 Å². The Morgan fingerprint density at radius 3 is 2.43 bits per heavy atom. The first-order chi connectivity index (χ1) is 9.61. The molecule has 21 heavy (non-hydrogen) atoms. The number of aliphatic imine (C=N–C) groups is 1. The summed E-state index contributed by atoms with van der Waals surface area (Å²) in [6.07, 6.45) is 1.26. The largest absolute Gasteiger partial charge is 0.379 e. The number of ether oxygens (including phenoxy) is 1. The van der Waals surface area contributed by atoms with E-state index in [9.17, 15) is 0 Å². The van der Waals surface area contributed by atoms with Crippen molar-refractivity contribution in [3.8, 4) is 0 Å². The number of morpholine rings is 1. The predicted octanol–water partition coefficient (Wildman–Crippen LogP) is 1.53. The molecule has 124 valence electrons. The molecule has 2 fully saturated rings. The fourth-order valence-electron chi connectivity index (χ4n) is 2.79. The molecule has 0 bridgehead atoms. The molecular weight excluding hydrogens is 379 g/mol. The Bertz CT molecular complexity index is 332. The molecule has 2 N–H and O–H groups in total. The minimum Gasteiger partial charge on any atom is -0.379 e. The standard InChI is InChI=1S/C15H30N4O.HI/c1-11(2)14(19-5-7-20-8-6-19)10-17-15(16-4)18-13-9-12(13)3;/h11-14H,5-10H2,1-4H3,(H2,16,17,18);1H. The van der Waals surface area contributed by atoms with Crippen molar-refractivity contribution in [2.45, 2.75) is 39.3 Å². The van der Waals surface area contributed by atoms with E-state index >= 15 is 0 Å². The first kappa shape index (κ1) is 19.0. The summed E-state index contributed by atoms with van der Waals surface area (Å²) >= 11 is 0. The normalized spacial score (nSPS) is 28.0. The van der Waals surface area contributed by atoms with Crippen molar-refractivity contribution in [1.29, 1.82) is 0 Å². The van der Waals surface area contributed by atoms with E-state index in [4.69, 9.17) is 4.74 Å². The van der Waals surface area contributed by atoms with Gasteiger partial charge in [0.1, 0.15) is 0 Å². The molecule has 1 aliphatic heterocycles. The van der Waals surface area contributed by atoms with E-state index in [1.165, 1.54) is 6.42 Å². The van der Waals surface area contributed by atoms with Gasteiger partial charge in [-0.2, -0.15) is 0 Å². The van der Waals surface area contributed by atoms with E-state index in [0.717, 1.165) is 44.7 Å². The molecular formula is C15H31IN4O. The van der Waals surface area contributed by atoms with Gasteiger partial charge in [0, 0.05) is 38.8 Å². The number of hydrogen-bond acceptors (Lipinski definition) is 3. The fourth-order valence-corrected chi connectivity index (χ4v) is 2.79. The van der Waals surface area contributed by atoms with Crippen LogP contribution in [-0.2, 0) is 4.74 Å². The Kier molecular flexibility index (Phi) is 8.26. The van der Waals surface area contributed by atoms with Gasteiger partial charge in [0.15, 0.2) is 5.96 Å². The van der Waals surface area contributed by atoms with Gasteiger partial charge >= 0.3 is 0 Å². The highest BCUT2D eigenvalue weighted by Gasteiger charge is 2.33. The molecule has 0 amide bonds. The lowest BCUT2D eigenvalue weighted by atomic mass is 10.0. The van der Waals surface area contributed by atoms with Crippen molar-refractivity contribution < 1.29 is 4.74 Å². The summed E-state index contributed by atoms with van der Waals surface area (Å²) in [5.41, 5.74) is 0. The maximum Gasteiger partial charge on any atom is 0.191 e. The van der Waals surface area contributed by atoms with Gasteiger partial charge in [-0.15, -0.1) is 24.0 Å². The highest BCUT2D eigenvalue weighted by molar-refractivity contribution is 14.0. The third kappa shape index (κ3) is 5.90. The molecule has 1 heterocycles. The molecule has 1 saturated heterocycles. The van der Waals surface area contributed by atoms with Crippen LogP contribution in [0.3, 0.4) is 0 Å². The molecule has 2 rings (SSSR count). The SMILES string of the molecule is CN=C(NCC(C(C)C)N1CCOCC1)NC1CC1C.I. The van der Waals surface area contributed by atoms with Crippen LogP contribution in [-0.4, -0.2) is 62.8 Å². The smallest absolute Gasteiger partial charge is 0.191 e. The zero-order chi connectivity index (χ0) is 14.5. The summed E-state index contributed by atoms with van der Waals surface area (Å²) in [5, 5.41) is 6.98. The van der Waals surface area contributed by atoms with Crippen molar-refractivity contribution in [2.75, 3.05) is 39.9 Å². The lowest BCUT2D eigenvalue weighted by Crippen LogP contribution is -2.52. The number of guanidine groups is 1. The van der Waals surface area contributed by atoms with E-state index in [0.29, 0.717) is 18.0 Å². The minimum atomic E-state index is 0. The maximum atomic E-state index is 5.45. The number of hydrogen-bond donors (Lipinski definition) is 2. The van der Waals surface area contributed by atoms with E-state index in [-0.39, 0.29) is 24.0 Å². The fraction of sp³-hybridized carbons (Fsp3) is 0.933. The molecule has 0 aromatic carbocycles. The van der Waals surface area contributed by atoms with Crippen LogP contribution in [0, 0.1) is 11.8 Å². The molecule has 6 heteroatoms. The number of halogens is 1. The van der Waals surface area contributed by atoms with Crippen molar-refractivity contribution in [3.05, 3.63) is 0 Å². The summed E-state index contributed by atoms with van der Waals surface area (Å²) in [7, 11) is 1.85. The topological polar surface area (TPSA) is 48.9 Å². The first-order valence-corrected chi connectivity index (χ1v) is 7.90. The van der Waals surface area contributed by atoms with Crippen LogP contribution in [0.15, 0.2) is 4.99 Å². The van der Waals surface area contributed by atoms with Crippen LogP contribution in [0.2, 0.25) is 0 Å². The van der Waals surface area contributed by atoms with Gasteiger partial charge < -0.3 is 15.4 Å². The third-order valence-corrected chi connectivity index (χ3v) is 4.42. The van der Waals surface area contributed by atoms with E-state index in [1.54, 1.807) is 0 Å². The first-order valence-electron chi connectivity index (χ1n) is 7.90. The predicted molar refractivity (Wildman–Crippen MR) is 98.5 cm³/mol. The van der Waals surface area contributed by atoms with E-state index in [1.807, 2.05) is 7.05 Å². The third-order valence-electron chi connectivity index (χ3n) is 4.42.